The Labute approximate surface area is 143 Å². The van der Waals surface area contributed by atoms with Crippen LogP contribution in [-0.2, 0) is 0 Å². The molecule has 2 nitrogen and oxygen atoms in total. The van der Waals surface area contributed by atoms with Crippen LogP contribution >= 0.6 is 15.9 Å². The maximum Gasteiger partial charge on any atom is 0.185 e. The molecule has 0 spiro atoms. The Balaban J connectivity index is 1.83. The Bertz CT molecular complexity index is 897. The molecule has 3 aromatic carbocycles. The van der Waals surface area contributed by atoms with Gasteiger partial charge in [0.25, 0.3) is 0 Å². The first kappa shape index (κ1) is 15.5. The van der Waals surface area contributed by atoms with Crippen LogP contribution < -0.4 is 4.74 Å². The second kappa shape index (κ2) is 6.80. The van der Waals surface area contributed by atoms with E-state index < -0.39 is 0 Å². The summed E-state index contributed by atoms with van der Waals surface area (Å²) in [6, 6.07) is 19.5. The van der Waals surface area contributed by atoms with Gasteiger partial charge in [-0.2, -0.15) is 0 Å². The van der Waals surface area contributed by atoms with Crippen molar-refractivity contribution in [3.8, 4) is 5.75 Å². The van der Waals surface area contributed by atoms with Gasteiger partial charge in [-0.1, -0.05) is 48.5 Å². The van der Waals surface area contributed by atoms with Gasteiger partial charge < -0.3 is 4.74 Å². The molecule has 0 radical (unpaired) electrons. The number of halogens is 1. The molecular weight excluding hydrogens is 352 g/mol. The summed E-state index contributed by atoms with van der Waals surface area (Å²) in [5.41, 5.74) is 1.62. The zero-order valence-electron chi connectivity index (χ0n) is 12.6. The minimum atomic E-state index is -0.0114. The summed E-state index contributed by atoms with van der Waals surface area (Å²) in [6.45, 7) is 0. The first-order chi connectivity index (χ1) is 11.2. The summed E-state index contributed by atoms with van der Waals surface area (Å²) in [6.07, 6.45) is 3.40. The van der Waals surface area contributed by atoms with Gasteiger partial charge in [0.05, 0.1) is 11.6 Å². The van der Waals surface area contributed by atoms with E-state index >= 15 is 0 Å². The van der Waals surface area contributed by atoms with E-state index in [-0.39, 0.29) is 5.78 Å². The molecule has 0 bridgehead atoms. The Morgan fingerprint density at radius 1 is 1.00 bits per heavy atom. The van der Waals surface area contributed by atoms with Crippen molar-refractivity contribution in [1.82, 2.24) is 0 Å². The summed E-state index contributed by atoms with van der Waals surface area (Å²) in [4.78, 5) is 12.3. The van der Waals surface area contributed by atoms with E-state index in [9.17, 15) is 4.79 Å². The molecule has 0 unspecified atom stereocenters. The normalized spacial score (nSPS) is 11.0. The van der Waals surface area contributed by atoms with Crippen LogP contribution in [0, 0.1) is 0 Å². The minimum absolute atomic E-state index is 0.0114. The third-order valence-corrected chi connectivity index (χ3v) is 4.26. The molecule has 0 heterocycles. The number of benzene rings is 3. The number of methoxy groups -OCH3 is 1. The second-order valence-corrected chi connectivity index (χ2v) is 6.01. The van der Waals surface area contributed by atoms with Gasteiger partial charge in [-0.05, 0) is 56.5 Å². The smallest absolute Gasteiger partial charge is 0.185 e. The van der Waals surface area contributed by atoms with Gasteiger partial charge in [0.2, 0.25) is 0 Å². The van der Waals surface area contributed by atoms with Crippen molar-refractivity contribution < 1.29 is 9.53 Å². The fraction of sp³-hybridized carbons (Fsp3) is 0.0500. The number of fused-ring (bicyclic) bond motifs is 1. The number of hydrogen-bond acceptors (Lipinski definition) is 2. The van der Waals surface area contributed by atoms with Gasteiger partial charge in [-0.25, -0.2) is 0 Å². The third kappa shape index (κ3) is 3.51. The van der Waals surface area contributed by atoms with Crippen molar-refractivity contribution in [3.05, 3.63) is 82.3 Å². The predicted octanol–water partition coefficient (Wildman–Crippen LogP) is 5.51. The van der Waals surface area contributed by atoms with E-state index in [1.807, 2.05) is 66.7 Å². The molecule has 0 aliphatic heterocycles. The fourth-order valence-corrected chi connectivity index (χ4v) is 2.96. The van der Waals surface area contributed by atoms with Crippen molar-refractivity contribution in [2.45, 2.75) is 0 Å². The lowest BCUT2D eigenvalue weighted by molar-refractivity contribution is 0.104. The van der Waals surface area contributed by atoms with Gasteiger partial charge in [0.15, 0.2) is 5.78 Å². The summed E-state index contributed by atoms with van der Waals surface area (Å²) >= 11 is 3.44. The monoisotopic (exact) mass is 366 g/mol. The first-order valence-electron chi connectivity index (χ1n) is 7.22. The van der Waals surface area contributed by atoms with Crippen LogP contribution in [0.1, 0.15) is 15.9 Å². The molecule has 0 amide bonds. The number of hydrogen-bond donors (Lipinski definition) is 0. The van der Waals surface area contributed by atoms with Crippen molar-refractivity contribution in [1.29, 1.82) is 0 Å². The standard InChI is InChI=1S/C20H15BrO2/c1-23-20-11-7-14(12-18(20)21)6-10-19(22)17-9-8-15-4-2-3-5-16(15)13-17/h2-13H,1H3. The van der Waals surface area contributed by atoms with Gasteiger partial charge in [-0.15, -0.1) is 0 Å². The average Bonchev–Trinajstić information content (AvgIpc) is 2.59. The van der Waals surface area contributed by atoms with Crippen LogP contribution in [0.15, 0.2) is 71.2 Å². The largest absolute Gasteiger partial charge is 0.496 e. The topological polar surface area (TPSA) is 26.3 Å². The highest BCUT2D eigenvalue weighted by Crippen LogP contribution is 2.26. The van der Waals surface area contributed by atoms with Crippen LogP contribution in [0.25, 0.3) is 16.8 Å². The van der Waals surface area contributed by atoms with Gasteiger partial charge >= 0.3 is 0 Å². The predicted molar refractivity (Wildman–Crippen MR) is 98.0 cm³/mol. The lowest BCUT2D eigenvalue weighted by atomic mass is 10.0. The maximum absolute atomic E-state index is 12.3. The van der Waals surface area contributed by atoms with Crippen LogP contribution in [0.4, 0.5) is 0 Å². The molecule has 3 rings (SSSR count). The second-order valence-electron chi connectivity index (χ2n) is 5.15. The molecule has 23 heavy (non-hydrogen) atoms. The molecule has 0 aliphatic carbocycles. The Morgan fingerprint density at radius 2 is 1.78 bits per heavy atom. The lowest BCUT2D eigenvalue weighted by Crippen LogP contribution is -1.93. The highest BCUT2D eigenvalue weighted by Gasteiger charge is 2.04. The quantitative estimate of drug-likeness (QED) is 0.449. The zero-order chi connectivity index (χ0) is 16.2. The number of carbonyl (C=O) groups is 1. The van der Waals surface area contributed by atoms with Crippen LogP contribution in [0.3, 0.4) is 0 Å². The summed E-state index contributed by atoms with van der Waals surface area (Å²) < 4.78 is 6.06. The SMILES string of the molecule is COc1ccc(C=CC(=O)c2ccc3ccccc3c2)cc1Br. The molecule has 3 aromatic rings. The number of ketones is 1. The van der Waals surface area contributed by atoms with Gasteiger partial charge in [-0.3, -0.25) is 4.79 Å². The van der Waals surface area contributed by atoms with E-state index in [2.05, 4.69) is 15.9 Å². The van der Waals surface area contributed by atoms with E-state index in [0.29, 0.717) is 5.56 Å². The Morgan fingerprint density at radius 3 is 2.52 bits per heavy atom. The number of ether oxygens (including phenoxy) is 1. The number of allylic oxidation sites excluding steroid dienone is 1. The molecule has 114 valence electrons. The Hall–Kier alpha value is -2.39. The molecule has 0 saturated carbocycles. The van der Waals surface area contributed by atoms with Crippen molar-refractivity contribution in [2.75, 3.05) is 7.11 Å². The van der Waals surface area contributed by atoms with Gasteiger partial charge in [0, 0.05) is 5.56 Å². The van der Waals surface area contributed by atoms with E-state index in [1.165, 1.54) is 0 Å². The van der Waals surface area contributed by atoms with Crippen LogP contribution in [-0.4, -0.2) is 12.9 Å². The number of rotatable bonds is 4. The average molecular weight is 367 g/mol. The summed E-state index contributed by atoms with van der Waals surface area (Å²) in [5, 5.41) is 2.20. The first-order valence-corrected chi connectivity index (χ1v) is 8.01. The molecule has 0 fully saturated rings. The van der Waals surface area contributed by atoms with Gasteiger partial charge in [0.1, 0.15) is 5.75 Å². The molecule has 0 saturated heterocycles. The van der Waals surface area contributed by atoms with Crippen molar-refractivity contribution in [2.24, 2.45) is 0 Å². The van der Waals surface area contributed by atoms with Crippen LogP contribution in [0.2, 0.25) is 0 Å². The Kier molecular flexibility index (Phi) is 4.58. The van der Waals surface area contributed by atoms with E-state index in [1.54, 1.807) is 13.2 Å². The highest BCUT2D eigenvalue weighted by molar-refractivity contribution is 9.10. The summed E-state index contributed by atoms with van der Waals surface area (Å²) in [7, 11) is 1.62. The van der Waals surface area contributed by atoms with E-state index in [0.717, 1.165) is 26.6 Å². The van der Waals surface area contributed by atoms with Crippen molar-refractivity contribution >= 4 is 38.6 Å². The molecular formula is C20H15BrO2. The molecule has 0 aliphatic rings. The van der Waals surface area contributed by atoms with Crippen LogP contribution in [0.5, 0.6) is 5.75 Å². The lowest BCUT2D eigenvalue weighted by Gasteiger charge is -2.03. The highest BCUT2D eigenvalue weighted by atomic mass is 79.9. The molecule has 0 atom stereocenters. The molecule has 3 heteroatoms. The summed E-state index contributed by atoms with van der Waals surface area (Å²) in [5.74, 6) is 0.755. The maximum atomic E-state index is 12.3. The fourth-order valence-electron chi connectivity index (χ4n) is 2.40. The minimum Gasteiger partial charge on any atom is -0.496 e. The number of carbonyl (C=O) groups excluding carboxylic acids is 1. The zero-order valence-corrected chi connectivity index (χ0v) is 14.2. The molecule has 0 N–H and O–H groups in total. The van der Waals surface area contributed by atoms with Crippen molar-refractivity contribution in [3.63, 3.8) is 0 Å². The molecule has 0 aromatic heterocycles. The van der Waals surface area contributed by atoms with E-state index in [4.69, 9.17) is 4.74 Å². The third-order valence-electron chi connectivity index (χ3n) is 3.64.